The molecular formula is C26H23N3OS. The average molecular weight is 426 g/mol. The van der Waals surface area contributed by atoms with Crippen LogP contribution in [0.3, 0.4) is 0 Å². The van der Waals surface area contributed by atoms with Crippen molar-refractivity contribution in [3.63, 3.8) is 0 Å². The van der Waals surface area contributed by atoms with Crippen LogP contribution in [0.1, 0.15) is 29.3 Å². The van der Waals surface area contributed by atoms with Crippen LogP contribution in [-0.2, 0) is 6.42 Å². The third kappa shape index (κ3) is 4.09. The highest BCUT2D eigenvalue weighted by molar-refractivity contribution is 7.23. The lowest BCUT2D eigenvalue weighted by Gasteiger charge is -2.14. The quantitative estimate of drug-likeness (QED) is 0.364. The van der Waals surface area contributed by atoms with Crippen molar-refractivity contribution in [2.45, 2.75) is 25.8 Å². The number of aryl methyl sites for hydroxylation is 1. The molecule has 0 aliphatic heterocycles. The van der Waals surface area contributed by atoms with Gasteiger partial charge in [-0.25, -0.2) is 4.98 Å². The molecule has 0 saturated carbocycles. The van der Waals surface area contributed by atoms with E-state index in [0.717, 1.165) is 39.3 Å². The first-order valence-corrected chi connectivity index (χ1v) is 11.3. The number of carbonyl (C=O) groups excluding carboxylic acids is 1. The van der Waals surface area contributed by atoms with E-state index in [1.54, 1.807) is 11.3 Å². The minimum absolute atomic E-state index is 0.0292. The summed E-state index contributed by atoms with van der Waals surface area (Å²) in [6.07, 6.45) is 3.93. The number of fused-ring (bicyclic) bond motifs is 3. The first kappa shape index (κ1) is 19.5. The van der Waals surface area contributed by atoms with Crippen molar-refractivity contribution in [3.05, 3.63) is 96.2 Å². The Hall–Kier alpha value is -3.44. The van der Waals surface area contributed by atoms with Gasteiger partial charge in [-0.1, -0.05) is 72.0 Å². The summed E-state index contributed by atoms with van der Waals surface area (Å²) in [5, 5.41) is 3.13. The van der Waals surface area contributed by atoms with Gasteiger partial charge in [0.25, 0.3) is 5.91 Å². The lowest BCUT2D eigenvalue weighted by Crippen LogP contribution is -2.32. The first-order chi connectivity index (χ1) is 15.2. The van der Waals surface area contributed by atoms with Gasteiger partial charge in [0.15, 0.2) is 4.96 Å². The van der Waals surface area contributed by atoms with E-state index >= 15 is 0 Å². The molecule has 0 aliphatic carbocycles. The lowest BCUT2D eigenvalue weighted by molar-refractivity contribution is 0.0938. The Kier molecular flexibility index (Phi) is 5.26. The van der Waals surface area contributed by atoms with E-state index in [1.807, 2.05) is 42.5 Å². The van der Waals surface area contributed by atoms with Gasteiger partial charge in [0.05, 0.1) is 15.9 Å². The van der Waals surface area contributed by atoms with Gasteiger partial charge in [-0.05, 0) is 43.5 Å². The monoisotopic (exact) mass is 425 g/mol. The molecule has 1 N–H and O–H groups in total. The van der Waals surface area contributed by atoms with Crippen molar-refractivity contribution in [3.8, 4) is 11.3 Å². The van der Waals surface area contributed by atoms with E-state index in [2.05, 4.69) is 59.2 Å². The van der Waals surface area contributed by atoms with Crippen molar-refractivity contribution in [2.24, 2.45) is 0 Å². The third-order valence-corrected chi connectivity index (χ3v) is 6.53. The van der Waals surface area contributed by atoms with Gasteiger partial charge in [-0.3, -0.25) is 9.20 Å². The van der Waals surface area contributed by atoms with Gasteiger partial charge < -0.3 is 5.32 Å². The van der Waals surface area contributed by atoms with E-state index in [0.29, 0.717) is 5.56 Å². The van der Waals surface area contributed by atoms with Crippen LogP contribution >= 0.6 is 11.3 Å². The fourth-order valence-corrected chi connectivity index (χ4v) is 4.84. The summed E-state index contributed by atoms with van der Waals surface area (Å²) >= 11 is 1.61. The summed E-state index contributed by atoms with van der Waals surface area (Å²) < 4.78 is 3.17. The molecule has 0 saturated heterocycles. The van der Waals surface area contributed by atoms with Crippen LogP contribution in [0.15, 0.2) is 85.1 Å². The predicted molar refractivity (Wildman–Crippen MR) is 128 cm³/mol. The molecular weight excluding hydrogens is 402 g/mol. The maximum absolute atomic E-state index is 12.8. The molecule has 5 heteroatoms. The number of hydrogen-bond donors (Lipinski definition) is 1. The standard InChI is InChI=1S/C26H23N3OS/c1-18(12-13-19-8-4-2-5-9-19)27-25(30)21-14-15-23-24(16-21)31-26-28-22(17-29(23)26)20-10-6-3-7-11-20/h2-11,14-18H,12-13H2,1H3,(H,27,30). The SMILES string of the molecule is CC(CCc1ccccc1)NC(=O)c1ccc2c(c1)sc1nc(-c3ccccc3)cn12. The number of aromatic nitrogens is 2. The molecule has 0 bridgehead atoms. The van der Waals surface area contributed by atoms with Crippen LogP contribution < -0.4 is 5.32 Å². The molecule has 0 spiro atoms. The maximum atomic E-state index is 12.8. The van der Waals surface area contributed by atoms with Gasteiger partial charge >= 0.3 is 0 Å². The number of carbonyl (C=O) groups is 1. The summed E-state index contributed by atoms with van der Waals surface area (Å²) in [7, 11) is 0. The maximum Gasteiger partial charge on any atom is 0.251 e. The molecule has 31 heavy (non-hydrogen) atoms. The van der Waals surface area contributed by atoms with E-state index in [4.69, 9.17) is 4.98 Å². The Morgan fingerprint density at radius 1 is 1.03 bits per heavy atom. The molecule has 1 amide bonds. The molecule has 2 aromatic heterocycles. The van der Waals surface area contributed by atoms with Crippen molar-refractivity contribution in [1.29, 1.82) is 0 Å². The molecule has 1 unspecified atom stereocenters. The highest BCUT2D eigenvalue weighted by atomic mass is 32.1. The third-order valence-electron chi connectivity index (χ3n) is 5.51. The van der Waals surface area contributed by atoms with Crippen LogP contribution in [0.2, 0.25) is 0 Å². The second-order valence-electron chi connectivity index (χ2n) is 7.83. The zero-order chi connectivity index (χ0) is 21.2. The molecule has 0 radical (unpaired) electrons. The largest absolute Gasteiger partial charge is 0.350 e. The summed E-state index contributed by atoms with van der Waals surface area (Å²) in [5.41, 5.74) is 5.12. The van der Waals surface area contributed by atoms with Crippen LogP contribution in [0.4, 0.5) is 0 Å². The first-order valence-electron chi connectivity index (χ1n) is 10.5. The summed E-state index contributed by atoms with van der Waals surface area (Å²) in [6.45, 7) is 2.06. The Morgan fingerprint density at radius 3 is 2.55 bits per heavy atom. The smallest absolute Gasteiger partial charge is 0.251 e. The van der Waals surface area contributed by atoms with E-state index in [1.165, 1.54) is 5.56 Å². The van der Waals surface area contributed by atoms with Gasteiger partial charge in [-0.2, -0.15) is 0 Å². The number of nitrogens with one attached hydrogen (secondary N) is 1. The molecule has 3 aromatic carbocycles. The van der Waals surface area contributed by atoms with Gasteiger partial charge in [-0.15, -0.1) is 0 Å². The zero-order valence-electron chi connectivity index (χ0n) is 17.3. The Labute approximate surface area is 185 Å². The number of imidazole rings is 1. The predicted octanol–water partition coefficient (Wildman–Crippen LogP) is 5.97. The second kappa shape index (κ2) is 8.36. The van der Waals surface area contributed by atoms with E-state index in [-0.39, 0.29) is 11.9 Å². The molecule has 0 aliphatic rings. The van der Waals surface area contributed by atoms with Crippen LogP contribution in [-0.4, -0.2) is 21.3 Å². The molecule has 5 rings (SSSR count). The Morgan fingerprint density at radius 2 is 1.77 bits per heavy atom. The molecule has 0 fully saturated rings. The van der Waals surface area contributed by atoms with Gasteiger partial charge in [0, 0.05) is 23.4 Å². The summed E-state index contributed by atoms with van der Waals surface area (Å²) in [5.74, 6) is -0.0292. The van der Waals surface area contributed by atoms with Crippen molar-refractivity contribution in [1.82, 2.24) is 14.7 Å². The number of hydrogen-bond acceptors (Lipinski definition) is 3. The van der Waals surface area contributed by atoms with Gasteiger partial charge in [0.2, 0.25) is 0 Å². The zero-order valence-corrected chi connectivity index (χ0v) is 18.1. The summed E-state index contributed by atoms with van der Waals surface area (Å²) in [4.78, 5) is 18.5. The molecule has 1 atom stereocenters. The number of thiazole rings is 1. The number of benzene rings is 3. The van der Waals surface area contributed by atoms with Gasteiger partial charge in [0.1, 0.15) is 0 Å². The number of amides is 1. The molecule has 5 aromatic rings. The molecule has 154 valence electrons. The highest BCUT2D eigenvalue weighted by Crippen LogP contribution is 2.30. The average Bonchev–Trinajstić information content (AvgIpc) is 3.36. The van der Waals surface area contributed by atoms with Crippen LogP contribution in [0.5, 0.6) is 0 Å². The topological polar surface area (TPSA) is 46.4 Å². The minimum Gasteiger partial charge on any atom is -0.350 e. The lowest BCUT2D eigenvalue weighted by atomic mass is 10.1. The summed E-state index contributed by atoms with van der Waals surface area (Å²) in [6, 6.07) is 26.5. The second-order valence-corrected chi connectivity index (χ2v) is 8.84. The Bertz CT molecular complexity index is 1340. The fourth-order valence-electron chi connectivity index (χ4n) is 3.80. The van der Waals surface area contributed by atoms with Crippen molar-refractivity contribution in [2.75, 3.05) is 0 Å². The highest BCUT2D eigenvalue weighted by Gasteiger charge is 2.14. The Balaban J connectivity index is 1.31. The molecule has 4 nitrogen and oxygen atoms in total. The van der Waals surface area contributed by atoms with E-state index in [9.17, 15) is 4.79 Å². The molecule has 2 heterocycles. The minimum atomic E-state index is -0.0292. The van der Waals surface area contributed by atoms with E-state index < -0.39 is 0 Å². The normalized spacial score (nSPS) is 12.3. The van der Waals surface area contributed by atoms with Crippen molar-refractivity contribution < 1.29 is 4.79 Å². The van der Waals surface area contributed by atoms with Crippen LogP contribution in [0, 0.1) is 0 Å². The van der Waals surface area contributed by atoms with Crippen LogP contribution in [0.25, 0.3) is 26.4 Å². The number of nitrogens with zero attached hydrogens (tertiary/aromatic N) is 2. The number of rotatable bonds is 6. The van der Waals surface area contributed by atoms with Crippen molar-refractivity contribution >= 4 is 32.4 Å². The fraction of sp³-hybridized carbons (Fsp3) is 0.154.